The van der Waals surface area contributed by atoms with E-state index in [-0.39, 0.29) is 71.0 Å². The number of ether oxygens (including phenoxy) is 6. The van der Waals surface area contributed by atoms with Gasteiger partial charge in [0.1, 0.15) is 19.8 Å². The van der Waals surface area contributed by atoms with Crippen molar-refractivity contribution in [2.45, 2.75) is 32.6 Å². The lowest BCUT2D eigenvalue weighted by Gasteiger charge is -2.32. The summed E-state index contributed by atoms with van der Waals surface area (Å²) in [5.74, 6) is -1.40. The number of hydrogen-bond acceptors (Lipinski definition) is 12. The summed E-state index contributed by atoms with van der Waals surface area (Å²) in [4.78, 5) is 33.0. The summed E-state index contributed by atoms with van der Waals surface area (Å²) >= 11 is 0. The van der Waals surface area contributed by atoms with Crippen molar-refractivity contribution in [2.24, 2.45) is 5.41 Å². The Morgan fingerprint density at radius 1 is 0.649 bits per heavy atom. The molecule has 210 valence electrons. The fourth-order valence-corrected chi connectivity index (χ4v) is 3.84. The Bertz CT molecular complexity index is 883. The fourth-order valence-electron chi connectivity index (χ4n) is 2.82. The average molecular weight is 549 g/mol. The Labute approximate surface area is 217 Å². The molecule has 37 heavy (non-hydrogen) atoms. The van der Waals surface area contributed by atoms with Crippen molar-refractivity contribution in [2.75, 3.05) is 66.1 Å². The fraction of sp³-hybridized carbons (Fsp3) is 0.625. The Kier molecular flexibility index (Phi) is 14.9. The van der Waals surface area contributed by atoms with E-state index in [0.717, 1.165) is 5.56 Å². The van der Waals surface area contributed by atoms with Crippen molar-refractivity contribution < 1.29 is 55.4 Å². The van der Waals surface area contributed by atoms with Gasteiger partial charge in [-0.15, -0.1) is 0 Å². The van der Waals surface area contributed by atoms with Crippen LogP contribution in [0.5, 0.6) is 0 Å². The Hall–Kier alpha value is -2.58. The second-order valence-corrected chi connectivity index (χ2v) is 9.82. The summed E-state index contributed by atoms with van der Waals surface area (Å²) in [6, 6.07) is 6.18. The van der Waals surface area contributed by atoms with Gasteiger partial charge in [-0.3, -0.25) is 18.6 Å². The van der Waals surface area contributed by atoms with Crippen LogP contribution in [0.2, 0.25) is 0 Å². The number of rotatable bonds is 19. The van der Waals surface area contributed by atoms with Crippen LogP contribution in [0.15, 0.2) is 29.2 Å². The van der Waals surface area contributed by atoms with Gasteiger partial charge in [-0.2, -0.15) is 8.42 Å². The van der Waals surface area contributed by atoms with Gasteiger partial charge in [0.15, 0.2) is 0 Å². The van der Waals surface area contributed by atoms with E-state index in [9.17, 15) is 22.8 Å². The topological polar surface area (TPSA) is 150 Å². The molecule has 12 nitrogen and oxygen atoms in total. The van der Waals surface area contributed by atoms with Crippen molar-refractivity contribution in [3.8, 4) is 0 Å². The normalized spacial score (nSPS) is 11.7. The van der Waals surface area contributed by atoms with E-state index in [4.69, 9.17) is 32.6 Å². The van der Waals surface area contributed by atoms with Gasteiger partial charge in [0.05, 0.1) is 56.6 Å². The lowest BCUT2D eigenvalue weighted by atomic mass is 9.92. The van der Waals surface area contributed by atoms with Crippen LogP contribution in [0.1, 0.15) is 26.3 Å². The zero-order valence-corrected chi connectivity index (χ0v) is 22.5. The van der Waals surface area contributed by atoms with Crippen LogP contribution < -0.4 is 0 Å². The van der Waals surface area contributed by atoms with E-state index in [1.807, 2.05) is 6.92 Å². The lowest BCUT2D eigenvalue weighted by Crippen LogP contribution is -2.43. The number of benzene rings is 1. The predicted molar refractivity (Wildman–Crippen MR) is 129 cm³/mol. The van der Waals surface area contributed by atoms with Gasteiger partial charge in [-0.05, 0) is 19.1 Å². The van der Waals surface area contributed by atoms with Crippen molar-refractivity contribution in [3.05, 3.63) is 29.8 Å². The van der Waals surface area contributed by atoms with Crippen LogP contribution in [-0.2, 0) is 57.1 Å². The number of carbonyl (C=O) groups excluding carboxylic acids is 3. The molecule has 0 fully saturated rings. The van der Waals surface area contributed by atoms with Gasteiger partial charge in [-0.1, -0.05) is 17.7 Å². The third kappa shape index (κ3) is 14.7. The molecule has 0 heterocycles. The van der Waals surface area contributed by atoms with Gasteiger partial charge >= 0.3 is 17.9 Å². The molecule has 1 aromatic carbocycles. The third-order valence-corrected chi connectivity index (χ3v) is 5.93. The zero-order valence-electron chi connectivity index (χ0n) is 21.7. The number of aryl methyl sites for hydroxylation is 1. The number of esters is 3. The average Bonchev–Trinajstić information content (AvgIpc) is 2.81. The first-order valence-corrected chi connectivity index (χ1v) is 13.0. The molecular weight excluding hydrogens is 512 g/mol. The van der Waals surface area contributed by atoms with Crippen LogP contribution in [0.25, 0.3) is 0 Å². The smallest absolute Gasteiger partial charge is 0.302 e. The standard InChI is InChI=1S/C24H36O12S/c1-19-5-7-23(8-6-19)37(28,29)36-18-24(15-30-9-12-33-20(2)25,16-31-10-13-34-21(3)26)17-32-11-14-35-22(4)27/h5-8H,9-18H2,1-4H3. The van der Waals surface area contributed by atoms with Crippen molar-refractivity contribution in [3.63, 3.8) is 0 Å². The lowest BCUT2D eigenvalue weighted by molar-refractivity contribution is -0.145. The van der Waals surface area contributed by atoms with E-state index >= 15 is 0 Å². The second kappa shape index (κ2) is 17.0. The Morgan fingerprint density at radius 3 is 1.38 bits per heavy atom. The van der Waals surface area contributed by atoms with Gasteiger partial charge < -0.3 is 28.4 Å². The minimum Gasteiger partial charge on any atom is -0.463 e. The highest BCUT2D eigenvalue weighted by Gasteiger charge is 2.35. The summed E-state index contributed by atoms with van der Waals surface area (Å²) < 4.78 is 62.5. The molecule has 0 radical (unpaired) electrons. The highest BCUT2D eigenvalue weighted by molar-refractivity contribution is 7.86. The van der Waals surface area contributed by atoms with Crippen LogP contribution in [0.3, 0.4) is 0 Å². The van der Waals surface area contributed by atoms with Crippen molar-refractivity contribution in [1.82, 2.24) is 0 Å². The van der Waals surface area contributed by atoms with Crippen molar-refractivity contribution in [1.29, 1.82) is 0 Å². The maximum absolute atomic E-state index is 12.8. The van der Waals surface area contributed by atoms with E-state index < -0.39 is 33.4 Å². The van der Waals surface area contributed by atoms with E-state index in [2.05, 4.69) is 0 Å². The molecule has 0 bridgehead atoms. The summed E-state index contributed by atoms with van der Waals surface area (Å²) in [6.07, 6.45) is 0. The first-order valence-electron chi connectivity index (χ1n) is 11.6. The highest BCUT2D eigenvalue weighted by Crippen LogP contribution is 2.24. The van der Waals surface area contributed by atoms with Gasteiger partial charge in [0, 0.05) is 20.8 Å². The molecule has 0 N–H and O–H groups in total. The molecule has 1 aromatic rings. The maximum Gasteiger partial charge on any atom is 0.302 e. The summed E-state index contributed by atoms with van der Waals surface area (Å²) in [7, 11) is -4.12. The molecule has 0 aromatic heterocycles. The molecule has 0 aliphatic heterocycles. The number of hydrogen-bond donors (Lipinski definition) is 0. The van der Waals surface area contributed by atoms with Crippen LogP contribution >= 0.6 is 0 Å². The predicted octanol–water partition coefficient (Wildman–Crippen LogP) is 1.43. The van der Waals surface area contributed by atoms with Gasteiger partial charge in [0.25, 0.3) is 10.1 Å². The monoisotopic (exact) mass is 548 g/mol. The second-order valence-electron chi connectivity index (χ2n) is 8.21. The maximum atomic E-state index is 12.8. The van der Waals surface area contributed by atoms with E-state index in [0.29, 0.717) is 0 Å². The summed E-state index contributed by atoms with van der Waals surface area (Å²) in [5.41, 5.74) is -0.252. The minimum atomic E-state index is -4.12. The van der Waals surface area contributed by atoms with Crippen LogP contribution in [0, 0.1) is 12.3 Å². The molecule has 0 saturated carbocycles. The quantitative estimate of drug-likeness (QED) is 0.106. The minimum absolute atomic E-state index is 0.00540. The van der Waals surface area contributed by atoms with E-state index in [1.54, 1.807) is 12.1 Å². The molecule has 0 unspecified atom stereocenters. The SMILES string of the molecule is CC(=O)OCCOCC(COCCOC(C)=O)(COCCOC(C)=O)COS(=O)(=O)c1ccc(C)cc1. The zero-order chi connectivity index (χ0) is 27.7. The molecule has 1 rings (SSSR count). The van der Waals surface area contributed by atoms with Gasteiger partial charge in [-0.25, -0.2) is 0 Å². The van der Waals surface area contributed by atoms with Gasteiger partial charge in [0.2, 0.25) is 0 Å². The molecule has 0 amide bonds. The number of carbonyl (C=O) groups is 3. The molecule has 0 aliphatic carbocycles. The third-order valence-electron chi connectivity index (χ3n) is 4.65. The van der Waals surface area contributed by atoms with Crippen molar-refractivity contribution >= 4 is 28.0 Å². The Balaban J connectivity index is 2.98. The molecule has 0 spiro atoms. The molecular formula is C24H36O12S. The first kappa shape index (κ1) is 32.4. The first-order chi connectivity index (χ1) is 17.5. The van der Waals surface area contributed by atoms with E-state index in [1.165, 1.54) is 32.9 Å². The van der Waals surface area contributed by atoms with Crippen LogP contribution in [-0.4, -0.2) is 92.4 Å². The molecule has 13 heteroatoms. The Morgan fingerprint density at radius 2 is 1.03 bits per heavy atom. The summed E-state index contributed by atoms with van der Waals surface area (Å²) in [6.45, 7) is 5.08. The highest BCUT2D eigenvalue weighted by atomic mass is 32.2. The largest absolute Gasteiger partial charge is 0.463 e. The molecule has 0 saturated heterocycles. The summed E-state index contributed by atoms with van der Waals surface area (Å²) in [5, 5.41) is 0. The molecule has 0 atom stereocenters. The molecule has 0 aliphatic rings. The van der Waals surface area contributed by atoms with Crippen LogP contribution in [0.4, 0.5) is 0 Å².